The number of fused-ring (bicyclic) bond motifs is 2. The second-order valence-electron chi connectivity index (χ2n) is 9.81. The molecule has 4 aliphatic rings. The lowest BCUT2D eigenvalue weighted by Crippen LogP contribution is -2.50. The molecule has 0 radical (unpaired) electrons. The Morgan fingerprint density at radius 2 is 1.97 bits per heavy atom. The van der Waals surface area contributed by atoms with Gasteiger partial charge in [0.2, 0.25) is 0 Å². The van der Waals surface area contributed by atoms with Crippen molar-refractivity contribution >= 4 is 5.91 Å². The summed E-state index contributed by atoms with van der Waals surface area (Å²) in [6, 6.07) is 3.38. The molecule has 2 atom stereocenters. The van der Waals surface area contributed by atoms with Crippen molar-refractivity contribution in [2.75, 3.05) is 19.6 Å². The van der Waals surface area contributed by atoms with Gasteiger partial charge in [-0.3, -0.25) is 9.69 Å². The number of carbonyl (C=O) groups excluding carboxylic acids is 1. The first-order valence-corrected chi connectivity index (χ1v) is 11.4. The molecule has 1 aromatic heterocycles. The Kier molecular flexibility index (Phi) is 5.35. The zero-order valence-corrected chi connectivity index (χ0v) is 18.6. The van der Waals surface area contributed by atoms with Gasteiger partial charge in [0.15, 0.2) is 5.82 Å². The highest BCUT2D eigenvalue weighted by molar-refractivity contribution is 5.94. The van der Waals surface area contributed by atoms with Gasteiger partial charge in [-0.2, -0.15) is 0 Å². The average Bonchev–Trinajstić information content (AvgIpc) is 3.04. The summed E-state index contributed by atoms with van der Waals surface area (Å²) in [5, 5.41) is 11.1. The molecule has 0 unspecified atom stereocenters. The molecule has 170 valence electrons. The molecule has 0 saturated heterocycles. The fourth-order valence-corrected chi connectivity index (χ4v) is 5.59. The summed E-state index contributed by atoms with van der Waals surface area (Å²) in [6.07, 6.45) is 5.76. The van der Waals surface area contributed by atoms with Gasteiger partial charge < -0.3 is 9.88 Å². The van der Waals surface area contributed by atoms with Gasteiger partial charge in [-0.25, -0.2) is 8.78 Å². The molecule has 2 heterocycles. The third-order valence-corrected chi connectivity index (χ3v) is 7.78. The number of amides is 1. The first-order chi connectivity index (χ1) is 15.3. The maximum absolute atomic E-state index is 13.9. The Morgan fingerprint density at radius 3 is 2.69 bits per heavy atom. The Bertz CT molecular complexity index is 1060. The number of nitrogens with zero attached hydrogens (tertiary/aromatic N) is 4. The van der Waals surface area contributed by atoms with Crippen LogP contribution in [0.3, 0.4) is 0 Å². The number of nitrogens with one attached hydrogen (secondary N) is 1. The fraction of sp³-hybridized carbons (Fsp3) is 0.542. The summed E-state index contributed by atoms with van der Waals surface area (Å²) >= 11 is 0. The van der Waals surface area contributed by atoms with Crippen LogP contribution in [0.4, 0.5) is 8.78 Å². The van der Waals surface area contributed by atoms with Crippen molar-refractivity contribution in [2.45, 2.75) is 46.2 Å². The molecule has 1 amide bonds. The highest BCUT2D eigenvalue weighted by Crippen LogP contribution is 2.59. The molecule has 3 aliphatic carbocycles. The largest absolute Gasteiger partial charge is 0.345 e. The Labute approximate surface area is 186 Å². The third-order valence-electron chi connectivity index (χ3n) is 7.78. The van der Waals surface area contributed by atoms with Gasteiger partial charge in [0.05, 0.1) is 6.54 Å². The summed E-state index contributed by atoms with van der Waals surface area (Å²) in [7, 11) is 0. The average molecular weight is 442 g/mol. The minimum absolute atomic E-state index is 0.0718. The molecule has 32 heavy (non-hydrogen) atoms. The van der Waals surface area contributed by atoms with Crippen molar-refractivity contribution < 1.29 is 13.6 Å². The van der Waals surface area contributed by atoms with Gasteiger partial charge in [0.25, 0.3) is 5.91 Å². The molecule has 8 heteroatoms. The van der Waals surface area contributed by atoms with E-state index < -0.39 is 23.1 Å². The first kappa shape index (κ1) is 21.2. The van der Waals surface area contributed by atoms with Gasteiger partial charge in [0, 0.05) is 32.6 Å². The summed E-state index contributed by atoms with van der Waals surface area (Å²) in [5.74, 6) is 0.480. The van der Waals surface area contributed by atoms with Gasteiger partial charge >= 0.3 is 0 Å². The van der Waals surface area contributed by atoms with Crippen molar-refractivity contribution in [2.24, 2.45) is 17.3 Å². The lowest BCUT2D eigenvalue weighted by molar-refractivity contribution is -0.0106. The smallest absolute Gasteiger partial charge is 0.257 e. The molecule has 6 rings (SSSR count). The van der Waals surface area contributed by atoms with Crippen LogP contribution in [0.5, 0.6) is 0 Å². The van der Waals surface area contributed by atoms with E-state index in [4.69, 9.17) is 0 Å². The number of rotatable bonds is 5. The maximum atomic E-state index is 13.9. The molecule has 6 nitrogen and oxygen atoms in total. The van der Waals surface area contributed by atoms with Crippen LogP contribution >= 0.6 is 0 Å². The third kappa shape index (κ3) is 3.64. The highest BCUT2D eigenvalue weighted by atomic mass is 19.1. The van der Waals surface area contributed by atoms with Gasteiger partial charge in [-0.15, -0.1) is 10.2 Å². The highest BCUT2D eigenvalue weighted by Gasteiger charge is 2.51. The second kappa shape index (κ2) is 8.06. The summed E-state index contributed by atoms with van der Waals surface area (Å²) in [5.41, 5.74) is 1.43. The molecule has 1 aromatic carbocycles. The van der Waals surface area contributed by atoms with E-state index in [9.17, 15) is 13.6 Å². The van der Waals surface area contributed by atoms with E-state index in [2.05, 4.69) is 40.3 Å². The van der Waals surface area contributed by atoms with Crippen molar-refractivity contribution in [1.29, 1.82) is 0 Å². The van der Waals surface area contributed by atoms with Crippen LogP contribution in [0.2, 0.25) is 0 Å². The molecule has 2 bridgehead atoms. The molecule has 0 spiro atoms. The standard InChI is InChI=1S/C24H29F2N5O/c1-24(2)16-7-6-15(17(24)12-16)14-30-9-8-20-28-29-21(31(20)11-10-30)13-27-23(32)22-18(25)4-3-5-19(22)26/h3-6,16-17H,7-14H2,1-2H3,(H,27,32)/t16-,17-/m0/s1. The second-order valence-corrected chi connectivity index (χ2v) is 9.81. The van der Waals surface area contributed by atoms with E-state index in [0.717, 1.165) is 56.5 Å². The van der Waals surface area contributed by atoms with Crippen LogP contribution in [0.1, 0.15) is 48.7 Å². The predicted octanol–water partition coefficient (Wildman–Crippen LogP) is 3.34. The summed E-state index contributed by atoms with van der Waals surface area (Å²) < 4.78 is 29.8. The van der Waals surface area contributed by atoms with Crippen LogP contribution in [0, 0.1) is 28.9 Å². The van der Waals surface area contributed by atoms with Crippen LogP contribution in [0.25, 0.3) is 0 Å². The zero-order valence-electron chi connectivity index (χ0n) is 18.6. The number of hydrogen-bond donors (Lipinski definition) is 1. The summed E-state index contributed by atoms with van der Waals surface area (Å²) in [4.78, 5) is 14.8. The van der Waals surface area contributed by atoms with Crippen LogP contribution in [0.15, 0.2) is 29.8 Å². The van der Waals surface area contributed by atoms with Crippen molar-refractivity contribution in [3.63, 3.8) is 0 Å². The topological polar surface area (TPSA) is 63.1 Å². The molecule has 1 N–H and O–H groups in total. The fourth-order valence-electron chi connectivity index (χ4n) is 5.59. The number of allylic oxidation sites excluding steroid dienone is 1. The van der Waals surface area contributed by atoms with E-state index in [1.807, 2.05) is 4.57 Å². The van der Waals surface area contributed by atoms with Gasteiger partial charge in [0.1, 0.15) is 23.0 Å². The lowest BCUT2D eigenvalue weighted by Gasteiger charge is -2.57. The lowest BCUT2D eigenvalue weighted by atomic mass is 9.49. The summed E-state index contributed by atoms with van der Waals surface area (Å²) in [6.45, 7) is 8.39. The Balaban J connectivity index is 1.21. The molecule has 2 aromatic rings. The Morgan fingerprint density at radius 1 is 1.19 bits per heavy atom. The van der Waals surface area contributed by atoms with E-state index in [-0.39, 0.29) is 6.54 Å². The number of benzene rings is 1. The molecule has 1 saturated carbocycles. The van der Waals surface area contributed by atoms with Crippen LogP contribution in [-0.2, 0) is 19.5 Å². The van der Waals surface area contributed by atoms with Crippen molar-refractivity contribution in [3.8, 4) is 0 Å². The molecular weight excluding hydrogens is 412 g/mol. The maximum Gasteiger partial charge on any atom is 0.257 e. The normalized spacial score (nSPS) is 24.2. The number of hydrogen-bond acceptors (Lipinski definition) is 4. The predicted molar refractivity (Wildman–Crippen MR) is 116 cm³/mol. The van der Waals surface area contributed by atoms with Crippen LogP contribution < -0.4 is 5.32 Å². The van der Waals surface area contributed by atoms with E-state index in [1.54, 1.807) is 5.57 Å². The first-order valence-electron chi connectivity index (χ1n) is 11.4. The van der Waals surface area contributed by atoms with Gasteiger partial charge in [-0.05, 0) is 42.2 Å². The molecule has 1 fully saturated rings. The quantitative estimate of drug-likeness (QED) is 0.723. The number of aromatic nitrogens is 3. The minimum atomic E-state index is -0.879. The van der Waals surface area contributed by atoms with Gasteiger partial charge in [-0.1, -0.05) is 31.6 Å². The molecule has 1 aliphatic heterocycles. The number of halogens is 2. The van der Waals surface area contributed by atoms with Crippen molar-refractivity contribution in [3.05, 3.63) is 58.7 Å². The minimum Gasteiger partial charge on any atom is -0.345 e. The van der Waals surface area contributed by atoms with E-state index in [0.29, 0.717) is 17.2 Å². The monoisotopic (exact) mass is 441 g/mol. The van der Waals surface area contributed by atoms with E-state index in [1.165, 1.54) is 18.9 Å². The van der Waals surface area contributed by atoms with Crippen molar-refractivity contribution in [1.82, 2.24) is 25.0 Å². The SMILES string of the molecule is CC1(C)[C@H]2CC=C(CN3CCc4nnc(CNC(=O)c5c(F)cccc5F)n4CC3)[C@@H]1C2. The molecular formula is C24H29F2N5O. The number of carbonyl (C=O) groups is 1. The Hall–Kier alpha value is -2.61. The zero-order chi connectivity index (χ0) is 22.5. The van der Waals surface area contributed by atoms with Crippen LogP contribution in [-0.4, -0.2) is 45.2 Å². The van der Waals surface area contributed by atoms with E-state index >= 15 is 0 Å².